The van der Waals surface area contributed by atoms with Gasteiger partial charge in [-0.15, -0.1) is 5.10 Å². The molecule has 2 heterocycles. The first-order chi connectivity index (χ1) is 10.7. The van der Waals surface area contributed by atoms with Crippen molar-refractivity contribution in [2.24, 2.45) is 7.05 Å². The third kappa shape index (κ3) is 2.72. The Morgan fingerprint density at radius 3 is 2.55 bits per heavy atom. The van der Waals surface area contributed by atoms with E-state index in [9.17, 15) is 0 Å². The molecule has 6 nitrogen and oxygen atoms in total. The van der Waals surface area contributed by atoms with Crippen LogP contribution < -0.4 is 4.74 Å². The van der Waals surface area contributed by atoms with Gasteiger partial charge in [-0.05, 0) is 19.4 Å². The lowest BCUT2D eigenvalue weighted by atomic mass is 10.2. The van der Waals surface area contributed by atoms with Gasteiger partial charge in [-0.1, -0.05) is 30.3 Å². The minimum Gasteiger partial charge on any atom is -0.485 e. The van der Waals surface area contributed by atoms with Gasteiger partial charge < -0.3 is 4.74 Å². The highest BCUT2D eigenvalue weighted by Crippen LogP contribution is 2.31. The molecule has 0 atom stereocenters. The Kier molecular flexibility index (Phi) is 3.91. The van der Waals surface area contributed by atoms with Crippen LogP contribution in [0, 0.1) is 6.92 Å². The summed E-state index contributed by atoms with van der Waals surface area (Å²) in [4.78, 5) is 4.33. The standard InChI is InChI=1S/C16H19N5O/c1-4-21-14(16-17-11-20(3)19-16)15(12(2)18-21)22-10-13-8-6-5-7-9-13/h5-9,11H,4,10H2,1-3H3. The quantitative estimate of drug-likeness (QED) is 0.726. The fourth-order valence-corrected chi connectivity index (χ4v) is 2.36. The molecule has 3 aromatic rings. The van der Waals surface area contributed by atoms with E-state index >= 15 is 0 Å². The van der Waals surface area contributed by atoms with Crippen LogP contribution in [0.5, 0.6) is 5.75 Å². The largest absolute Gasteiger partial charge is 0.485 e. The number of ether oxygens (including phenoxy) is 1. The number of nitrogens with zero attached hydrogens (tertiary/aromatic N) is 5. The number of rotatable bonds is 5. The second-order valence-corrected chi connectivity index (χ2v) is 5.10. The van der Waals surface area contributed by atoms with Crippen LogP contribution in [0.2, 0.25) is 0 Å². The van der Waals surface area contributed by atoms with E-state index in [0.717, 1.165) is 29.2 Å². The van der Waals surface area contributed by atoms with Crippen molar-refractivity contribution in [2.45, 2.75) is 27.0 Å². The Bertz CT molecular complexity index is 760. The van der Waals surface area contributed by atoms with E-state index in [1.54, 1.807) is 11.0 Å². The van der Waals surface area contributed by atoms with Crippen molar-refractivity contribution in [1.82, 2.24) is 24.5 Å². The molecule has 0 N–H and O–H groups in total. The summed E-state index contributed by atoms with van der Waals surface area (Å²) >= 11 is 0. The van der Waals surface area contributed by atoms with Crippen LogP contribution in [0.4, 0.5) is 0 Å². The summed E-state index contributed by atoms with van der Waals surface area (Å²) in [5.41, 5.74) is 2.79. The second kappa shape index (κ2) is 6.01. The van der Waals surface area contributed by atoms with Crippen LogP contribution >= 0.6 is 0 Å². The van der Waals surface area contributed by atoms with Crippen LogP contribution in [0.1, 0.15) is 18.2 Å². The van der Waals surface area contributed by atoms with Gasteiger partial charge in [0.15, 0.2) is 5.75 Å². The Morgan fingerprint density at radius 2 is 1.91 bits per heavy atom. The van der Waals surface area contributed by atoms with Crippen LogP contribution in [-0.4, -0.2) is 24.5 Å². The number of hydrogen-bond donors (Lipinski definition) is 0. The summed E-state index contributed by atoms with van der Waals surface area (Å²) in [7, 11) is 1.85. The first kappa shape index (κ1) is 14.3. The van der Waals surface area contributed by atoms with Crippen molar-refractivity contribution in [1.29, 1.82) is 0 Å². The molecule has 0 aliphatic carbocycles. The van der Waals surface area contributed by atoms with Crippen LogP contribution in [-0.2, 0) is 20.2 Å². The van der Waals surface area contributed by atoms with Crippen LogP contribution in [0.15, 0.2) is 36.7 Å². The molecule has 3 rings (SSSR count). The Balaban J connectivity index is 1.94. The summed E-state index contributed by atoms with van der Waals surface area (Å²) in [6.45, 7) is 5.22. The highest BCUT2D eigenvalue weighted by molar-refractivity contribution is 5.61. The normalized spacial score (nSPS) is 10.9. The molecule has 0 amide bonds. The molecule has 0 saturated carbocycles. The van der Waals surface area contributed by atoms with Gasteiger partial charge in [0, 0.05) is 13.6 Å². The second-order valence-electron chi connectivity index (χ2n) is 5.10. The number of aromatic nitrogens is 5. The zero-order valence-electron chi connectivity index (χ0n) is 13.0. The number of aryl methyl sites for hydroxylation is 3. The van der Waals surface area contributed by atoms with Gasteiger partial charge in [-0.25, -0.2) is 4.98 Å². The zero-order valence-corrected chi connectivity index (χ0v) is 13.0. The van der Waals surface area contributed by atoms with E-state index in [1.807, 2.05) is 55.9 Å². The molecule has 0 fully saturated rings. The van der Waals surface area contributed by atoms with Crippen LogP contribution in [0.25, 0.3) is 11.5 Å². The van der Waals surface area contributed by atoms with Gasteiger partial charge in [0.2, 0.25) is 5.82 Å². The SMILES string of the molecule is CCn1nc(C)c(OCc2ccccc2)c1-c1ncn(C)n1. The first-order valence-electron chi connectivity index (χ1n) is 7.29. The van der Waals surface area contributed by atoms with E-state index in [4.69, 9.17) is 4.74 Å². The molecule has 0 aliphatic heterocycles. The Morgan fingerprint density at radius 1 is 1.14 bits per heavy atom. The van der Waals surface area contributed by atoms with Crippen LogP contribution in [0.3, 0.4) is 0 Å². The molecule has 6 heteroatoms. The van der Waals surface area contributed by atoms with Crippen molar-refractivity contribution in [3.8, 4) is 17.3 Å². The van der Waals surface area contributed by atoms with Crippen molar-refractivity contribution in [2.75, 3.05) is 0 Å². The van der Waals surface area contributed by atoms with Crippen molar-refractivity contribution in [3.63, 3.8) is 0 Å². The fourth-order valence-electron chi connectivity index (χ4n) is 2.36. The molecule has 22 heavy (non-hydrogen) atoms. The molecule has 0 saturated heterocycles. The highest BCUT2D eigenvalue weighted by Gasteiger charge is 2.21. The average molecular weight is 297 g/mol. The molecule has 0 unspecified atom stereocenters. The van der Waals surface area contributed by atoms with Gasteiger partial charge in [-0.3, -0.25) is 9.36 Å². The van der Waals surface area contributed by atoms with Gasteiger partial charge in [-0.2, -0.15) is 5.10 Å². The lowest BCUT2D eigenvalue weighted by Crippen LogP contribution is -2.02. The number of benzene rings is 1. The lowest BCUT2D eigenvalue weighted by Gasteiger charge is -2.08. The van der Waals surface area contributed by atoms with E-state index in [0.29, 0.717) is 12.4 Å². The average Bonchev–Trinajstić information content (AvgIpc) is 3.09. The minimum absolute atomic E-state index is 0.497. The topological polar surface area (TPSA) is 57.8 Å². The van der Waals surface area contributed by atoms with Crippen molar-refractivity contribution in [3.05, 3.63) is 47.9 Å². The van der Waals surface area contributed by atoms with E-state index < -0.39 is 0 Å². The molecule has 0 aliphatic rings. The molecule has 0 spiro atoms. The molecular formula is C16H19N5O. The fraction of sp³-hybridized carbons (Fsp3) is 0.312. The maximum atomic E-state index is 6.03. The maximum Gasteiger partial charge on any atom is 0.203 e. The molecule has 114 valence electrons. The Labute approximate surface area is 129 Å². The maximum absolute atomic E-state index is 6.03. The Hall–Kier alpha value is -2.63. The summed E-state index contributed by atoms with van der Waals surface area (Å²) in [5, 5.41) is 8.91. The van der Waals surface area contributed by atoms with E-state index in [1.165, 1.54) is 0 Å². The molecule has 2 aromatic heterocycles. The summed E-state index contributed by atoms with van der Waals surface area (Å²) in [5.74, 6) is 1.38. The molecular weight excluding hydrogens is 278 g/mol. The smallest absolute Gasteiger partial charge is 0.203 e. The third-order valence-corrected chi connectivity index (χ3v) is 3.41. The molecule has 1 aromatic carbocycles. The van der Waals surface area contributed by atoms with Gasteiger partial charge >= 0.3 is 0 Å². The summed E-state index contributed by atoms with van der Waals surface area (Å²) < 4.78 is 9.59. The molecule has 0 radical (unpaired) electrons. The predicted octanol–water partition coefficient (Wildman–Crippen LogP) is 2.59. The zero-order chi connectivity index (χ0) is 15.5. The summed E-state index contributed by atoms with van der Waals surface area (Å²) in [6, 6.07) is 10.1. The monoisotopic (exact) mass is 297 g/mol. The highest BCUT2D eigenvalue weighted by atomic mass is 16.5. The lowest BCUT2D eigenvalue weighted by molar-refractivity contribution is 0.305. The first-order valence-corrected chi connectivity index (χ1v) is 7.29. The number of hydrogen-bond acceptors (Lipinski definition) is 4. The van der Waals surface area contributed by atoms with E-state index in [-0.39, 0.29) is 0 Å². The third-order valence-electron chi connectivity index (χ3n) is 3.41. The van der Waals surface area contributed by atoms with Gasteiger partial charge in [0.1, 0.15) is 24.3 Å². The van der Waals surface area contributed by atoms with Crippen molar-refractivity contribution >= 4 is 0 Å². The summed E-state index contributed by atoms with van der Waals surface area (Å²) in [6.07, 6.45) is 1.68. The predicted molar refractivity (Wildman–Crippen MR) is 83.4 cm³/mol. The van der Waals surface area contributed by atoms with Gasteiger partial charge in [0.05, 0.1) is 0 Å². The minimum atomic E-state index is 0.497. The van der Waals surface area contributed by atoms with Crippen molar-refractivity contribution < 1.29 is 4.74 Å². The van der Waals surface area contributed by atoms with Gasteiger partial charge in [0.25, 0.3) is 0 Å². The van der Waals surface area contributed by atoms with E-state index in [2.05, 4.69) is 15.2 Å². The molecule has 0 bridgehead atoms.